The van der Waals surface area contributed by atoms with Crippen LogP contribution in [0.4, 0.5) is 0 Å². The highest BCUT2D eigenvalue weighted by Crippen LogP contribution is 2.50. The summed E-state index contributed by atoms with van der Waals surface area (Å²) in [6.07, 6.45) is 3.55. The van der Waals surface area contributed by atoms with Gasteiger partial charge in [-0.25, -0.2) is 8.42 Å². The topological polar surface area (TPSA) is 57.9 Å². The maximum absolute atomic E-state index is 11.1. The molecule has 0 aromatic heterocycles. The van der Waals surface area contributed by atoms with Gasteiger partial charge in [0, 0.05) is 0 Å². The Morgan fingerprint density at radius 3 is 2.00 bits per heavy atom. The molecule has 78 valence electrons. The minimum absolute atomic E-state index is 0.0508. The molecule has 1 aliphatic carbocycles. The van der Waals surface area contributed by atoms with E-state index in [4.69, 9.17) is 5.26 Å². The molecule has 0 radical (unpaired) electrons. The van der Waals surface area contributed by atoms with Gasteiger partial charge in [-0.3, -0.25) is 0 Å². The third-order valence-electron chi connectivity index (χ3n) is 3.74. The van der Waals surface area contributed by atoms with Crippen LogP contribution in [0.5, 0.6) is 0 Å². The van der Waals surface area contributed by atoms with Crippen LogP contribution in [0, 0.1) is 22.2 Å². The molecule has 1 aliphatic heterocycles. The highest BCUT2D eigenvalue weighted by Gasteiger charge is 2.51. The van der Waals surface area contributed by atoms with Gasteiger partial charge in [0.15, 0.2) is 9.84 Å². The largest absolute Gasteiger partial charge is 0.229 e. The first-order valence-corrected chi connectivity index (χ1v) is 6.83. The van der Waals surface area contributed by atoms with Crippen molar-refractivity contribution in [3.8, 4) is 6.07 Å². The first-order chi connectivity index (χ1) is 6.39. The van der Waals surface area contributed by atoms with Gasteiger partial charge in [-0.15, -0.1) is 0 Å². The van der Waals surface area contributed by atoms with Crippen molar-refractivity contribution in [2.24, 2.45) is 10.8 Å². The van der Waals surface area contributed by atoms with E-state index >= 15 is 0 Å². The van der Waals surface area contributed by atoms with Gasteiger partial charge in [0.1, 0.15) is 0 Å². The highest BCUT2D eigenvalue weighted by atomic mass is 32.2. The summed E-state index contributed by atoms with van der Waals surface area (Å²) in [6, 6.07) is 2.34. The molecule has 0 bridgehead atoms. The Labute approximate surface area is 85.0 Å². The summed E-state index contributed by atoms with van der Waals surface area (Å²) in [5.74, 6) is 0.725. The molecule has 1 saturated carbocycles. The monoisotopic (exact) mass is 213 g/mol. The fraction of sp³-hybridized carbons (Fsp3) is 0.900. The predicted octanol–water partition coefficient (Wildman–Crippen LogP) is 1.51. The van der Waals surface area contributed by atoms with Gasteiger partial charge in [0.25, 0.3) is 0 Å². The summed E-state index contributed by atoms with van der Waals surface area (Å²) >= 11 is 0. The first-order valence-electron chi connectivity index (χ1n) is 5.01. The molecule has 2 rings (SSSR count). The third-order valence-corrected chi connectivity index (χ3v) is 5.84. The Hall–Kier alpha value is -0.560. The van der Waals surface area contributed by atoms with Crippen molar-refractivity contribution in [2.75, 3.05) is 11.5 Å². The number of hydrogen-bond acceptors (Lipinski definition) is 3. The van der Waals surface area contributed by atoms with E-state index in [0.29, 0.717) is 11.5 Å². The molecule has 0 amide bonds. The Kier molecular flexibility index (Phi) is 1.94. The van der Waals surface area contributed by atoms with E-state index in [1.54, 1.807) is 0 Å². The molecular formula is C10H15NO2S. The SMILES string of the molecule is CC1(C#N)CCC2(CC1)CS(=O)(=O)C2. The van der Waals surface area contributed by atoms with Crippen molar-refractivity contribution in [3.05, 3.63) is 0 Å². The Morgan fingerprint density at radius 2 is 1.64 bits per heavy atom. The van der Waals surface area contributed by atoms with Crippen LogP contribution < -0.4 is 0 Å². The van der Waals surface area contributed by atoms with Crippen molar-refractivity contribution in [1.82, 2.24) is 0 Å². The summed E-state index contributed by atoms with van der Waals surface area (Å²) in [7, 11) is -2.72. The lowest BCUT2D eigenvalue weighted by Gasteiger charge is -2.47. The zero-order chi connectivity index (χ0) is 10.4. The molecule has 3 nitrogen and oxygen atoms in total. The molecule has 2 fully saturated rings. The summed E-state index contributed by atoms with van der Waals surface area (Å²) in [5.41, 5.74) is -0.153. The molecule has 0 aromatic carbocycles. The van der Waals surface area contributed by atoms with E-state index in [1.165, 1.54) is 0 Å². The first kappa shape index (κ1) is 9.97. The van der Waals surface area contributed by atoms with E-state index in [9.17, 15) is 8.42 Å². The molecule has 1 saturated heterocycles. The molecular weight excluding hydrogens is 198 g/mol. The molecule has 0 aromatic rings. The standard InChI is InChI=1S/C10H15NO2S/c1-9(6-11)2-4-10(5-3-9)7-14(12,13)8-10/h2-5,7-8H2,1H3. The lowest BCUT2D eigenvalue weighted by atomic mass is 9.66. The van der Waals surface area contributed by atoms with Crippen molar-refractivity contribution >= 4 is 9.84 Å². The number of rotatable bonds is 0. The molecule has 0 unspecified atom stereocenters. The van der Waals surface area contributed by atoms with Crippen molar-refractivity contribution < 1.29 is 8.42 Å². The van der Waals surface area contributed by atoms with E-state index in [2.05, 4.69) is 6.07 Å². The predicted molar refractivity (Wildman–Crippen MR) is 53.3 cm³/mol. The summed E-state index contributed by atoms with van der Waals surface area (Å²) in [6.45, 7) is 1.98. The van der Waals surface area contributed by atoms with Crippen LogP contribution in [-0.2, 0) is 9.84 Å². The van der Waals surface area contributed by atoms with Gasteiger partial charge < -0.3 is 0 Å². The van der Waals surface area contributed by atoms with Crippen LogP contribution in [0.1, 0.15) is 32.6 Å². The maximum Gasteiger partial charge on any atom is 0.151 e. The Bertz CT molecular complexity index is 369. The smallest absolute Gasteiger partial charge is 0.151 e. The molecule has 0 atom stereocenters. The van der Waals surface area contributed by atoms with Crippen LogP contribution in [0.2, 0.25) is 0 Å². The minimum Gasteiger partial charge on any atom is -0.229 e. The molecule has 1 heterocycles. The fourth-order valence-electron chi connectivity index (χ4n) is 2.62. The highest BCUT2D eigenvalue weighted by molar-refractivity contribution is 7.92. The van der Waals surface area contributed by atoms with Crippen molar-refractivity contribution in [2.45, 2.75) is 32.6 Å². The van der Waals surface area contributed by atoms with Gasteiger partial charge in [0.2, 0.25) is 0 Å². The quantitative estimate of drug-likeness (QED) is 0.612. The second-order valence-electron chi connectivity index (χ2n) is 5.20. The van der Waals surface area contributed by atoms with Crippen molar-refractivity contribution in [3.63, 3.8) is 0 Å². The molecule has 2 aliphatic rings. The fourth-order valence-corrected chi connectivity index (χ4v) is 4.98. The van der Waals surface area contributed by atoms with Crippen LogP contribution in [0.25, 0.3) is 0 Å². The van der Waals surface area contributed by atoms with Gasteiger partial charge in [-0.1, -0.05) is 0 Å². The molecule has 4 heteroatoms. The average Bonchev–Trinajstić information content (AvgIpc) is 2.08. The molecule has 14 heavy (non-hydrogen) atoms. The van der Waals surface area contributed by atoms with E-state index in [-0.39, 0.29) is 10.8 Å². The second kappa shape index (κ2) is 2.73. The van der Waals surface area contributed by atoms with E-state index in [0.717, 1.165) is 25.7 Å². The normalized spacial score (nSPS) is 31.7. The summed E-state index contributed by atoms with van der Waals surface area (Å²) in [4.78, 5) is 0. The van der Waals surface area contributed by atoms with Crippen LogP contribution in [0.3, 0.4) is 0 Å². The van der Waals surface area contributed by atoms with Gasteiger partial charge >= 0.3 is 0 Å². The van der Waals surface area contributed by atoms with E-state index < -0.39 is 9.84 Å². The van der Waals surface area contributed by atoms with Crippen molar-refractivity contribution in [1.29, 1.82) is 5.26 Å². The lowest BCUT2D eigenvalue weighted by molar-refractivity contribution is 0.150. The lowest BCUT2D eigenvalue weighted by Crippen LogP contribution is -2.51. The van der Waals surface area contributed by atoms with Gasteiger partial charge in [0.05, 0.1) is 23.0 Å². The minimum atomic E-state index is -2.72. The van der Waals surface area contributed by atoms with Crippen LogP contribution >= 0.6 is 0 Å². The zero-order valence-electron chi connectivity index (χ0n) is 8.41. The summed E-state index contributed by atoms with van der Waals surface area (Å²) < 4.78 is 22.3. The van der Waals surface area contributed by atoms with Gasteiger partial charge in [-0.2, -0.15) is 5.26 Å². The van der Waals surface area contributed by atoms with Gasteiger partial charge in [-0.05, 0) is 38.0 Å². The van der Waals surface area contributed by atoms with E-state index in [1.807, 2.05) is 6.92 Å². The van der Waals surface area contributed by atoms with Crippen LogP contribution in [0.15, 0.2) is 0 Å². The number of nitrogens with zero attached hydrogens (tertiary/aromatic N) is 1. The second-order valence-corrected chi connectivity index (χ2v) is 7.27. The van der Waals surface area contributed by atoms with Crippen LogP contribution in [-0.4, -0.2) is 19.9 Å². The average molecular weight is 213 g/mol. The number of nitriles is 1. The number of sulfone groups is 1. The zero-order valence-corrected chi connectivity index (χ0v) is 9.23. The Morgan fingerprint density at radius 1 is 1.14 bits per heavy atom. The molecule has 1 spiro atoms. The maximum atomic E-state index is 11.1. The Balaban J connectivity index is 2.02. The summed E-state index contributed by atoms with van der Waals surface area (Å²) in [5, 5.41) is 8.95. The third kappa shape index (κ3) is 1.54. The molecule has 0 N–H and O–H groups in total. The number of hydrogen-bond donors (Lipinski definition) is 0.